The molecule has 0 fully saturated rings. The molecule has 6 nitrogen and oxygen atoms in total. The van der Waals surface area contributed by atoms with Gasteiger partial charge < -0.3 is 9.47 Å². The Bertz CT molecular complexity index is 1660. The normalized spacial score (nSPS) is 11.9. The summed E-state index contributed by atoms with van der Waals surface area (Å²) in [6.45, 7) is 14.4. The summed E-state index contributed by atoms with van der Waals surface area (Å²) in [6, 6.07) is 14.5. The topological polar surface area (TPSA) is 86.7 Å². The van der Waals surface area contributed by atoms with Crippen LogP contribution in [0.5, 0.6) is 11.5 Å². The second-order valence-electron chi connectivity index (χ2n) is 10.8. The highest BCUT2D eigenvalue weighted by Gasteiger charge is 2.28. The summed E-state index contributed by atoms with van der Waals surface area (Å²) in [5.74, 6) is 0.257. The Morgan fingerprint density at radius 3 is 1.60 bits per heavy atom. The fraction of sp³-hybridized carbons (Fsp3) is 0.297. The van der Waals surface area contributed by atoms with Gasteiger partial charge >= 0.3 is 11.9 Å². The molecule has 43 heavy (non-hydrogen) atoms. The number of carbonyl (C=O) groups excluding carboxylic acids is 4. The third kappa shape index (κ3) is 8.25. The molecule has 0 unspecified atom stereocenters. The van der Waals surface area contributed by atoms with Gasteiger partial charge in [-0.05, 0) is 59.9 Å². The lowest BCUT2D eigenvalue weighted by Crippen LogP contribution is -2.20. The minimum absolute atomic E-state index is 0. The van der Waals surface area contributed by atoms with E-state index in [-0.39, 0.29) is 30.9 Å². The van der Waals surface area contributed by atoms with Crippen LogP contribution in [0.4, 0.5) is 0 Å². The van der Waals surface area contributed by atoms with Gasteiger partial charge in [0.1, 0.15) is 11.5 Å². The summed E-state index contributed by atoms with van der Waals surface area (Å²) in [6.07, 6.45) is 5.17. The van der Waals surface area contributed by atoms with Crippen molar-refractivity contribution >= 4 is 34.3 Å². The molecule has 1 aliphatic rings. The van der Waals surface area contributed by atoms with Gasteiger partial charge in [-0.15, -0.1) is 0 Å². The zero-order valence-corrected chi connectivity index (χ0v) is 25.6. The monoisotopic (exact) mass is 582 g/mol. The minimum atomic E-state index is -0.378. The number of benzene rings is 3. The molecule has 0 saturated heterocycles. The van der Waals surface area contributed by atoms with Crippen LogP contribution in [0, 0.1) is 6.92 Å². The number of ketones is 2. The first-order valence-corrected chi connectivity index (χ1v) is 13.9. The predicted molar refractivity (Wildman–Crippen MR) is 173 cm³/mol. The van der Waals surface area contributed by atoms with E-state index in [0.29, 0.717) is 46.6 Å². The Balaban J connectivity index is 0.000000304. The summed E-state index contributed by atoms with van der Waals surface area (Å²) >= 11 is 0. The van der Waals surface area contributed by atoms with Crippen LogP contribution in [0.1, 0.15) is 94.2 Å². The van der Waals surface area contributed by atoms with E-state index in [2.05, 4.69) is 6.08 Å². The van der Waals surface area contributed by atoms with Crippen LogP contribution in [0.2, 0.25) is 0 Å². The van der Waals surface area contributed by atoms with Gasteiger partial charge in [-0.2, -0.15) is 0 Å². The lowest BCUT2D eigenvalue weighted by molar-refractivity contribution is -0.133. The Morgan fingerprint density at radius 1 is 0.651 bits per heavy atom. The molecule has 0 heterocycles. The number of ether oxygens (including phenoxy) is 2. The number of rotatable bonds is 6. The van der Waals surface area contributed by atoms with Crippen molar-refractivity contribution in [2.45, 2.75) is 75.7 Å². The van der Waals surface area contributed by atoms with Gasteiger partial charge in [-0.1, -0.05) is 79.3 Å². The van der Waals surface area contributed by atoms with Crippen molar-refractivity contribution in [1.29, 1.82) is 0 Å². The van der Waals surface area contributed by atoms with Gasteiger partial charge in [0.15, 0.2) is 11.6 Å². The molecule has 0 bridgehead atoms. The molecule has 1 aliphatic carbocycles. The van der Waals surface area contributed by atoms with E-state index in [1.807, 2.05) is 65.0 Å². The maximum absolute atomic E-state index is 12.3. The first-order valence-electron chi connectivity index (χ1n) is 13.9. The van der Waals surface area contributed by atoms with Crippen LogP contribution in [-0.2, 0) is 16.0 Å². The van der Waals surface area contributed by atoms with Crippen LogP contribution in [0.15, 0.2) is 83.0 Å². The number of fused-ring (bicyclic) bond motifs is 2. The number of hydrogen-bond donors (Lipinski definition) is 0. The first kappa shape index (κ1) is 34.6. The highest BCUT2D eigenvalue weighted by Crippen LogP contribution is 2.41. The number of Topliss-reactive ketones (excluding diaryl/α,β-unsaturated/α-hetero) is 2. The first-order chi connectivity index (χ1) is 19.8. The lowest BCUT2D eigenvalue weighted by Gasteiger charge is -2.18. The molecule has 0 amide bonds. The molecule has 3 aromatic rings. The van der Waals surface area contributed by atoms with Gasteiger partial charge in [0.25, 0.3) is 0 Å². The third-order valence-electron chi connectivity index (χ3n) is 6.89. The largest absolute Gasteiger partial charge is 0.426 e. The smallest absolute Gasteiger partial charge is 0.308 e. The molecule has 0 N–H and O–H groups in total. The average Bonchev–Trinajstić information content (AvgIpc) is 2.93. The molecule has 4 rings (SSSR count). The Labute approximate surface area is 255 Å². The van der Waals surface area contributed by atoms with E-state index < -0.39 is 0 Å². The maximum atomic E-state index is 12.3. The highest BCUT2D eigenvalue weighted by atomic mass is 16.5. The molecule has 0 aliphatic heterocycles. The van der Waals surface area contributed by atoms with Crippen molar-refractivity contribution in [3.05, 3.63) is 105 Å². The fourth-order valence-corrected chi connectivity index (χ4v) is 4.74. The van der Waals surface area contributed by atoms with Crippen molar-refractivity contribution in [1.82, 2.24) is 0 Å². The zero-order valence-electron chi connectivity index (χ0n) is 25.6. The van der Waals surface area contributed by atoms with Gasteiger partial charge in [-0.3, -0.25) is 19.2 Å². The number of esters is 2. The lowest BCUT2D eigenvalue weighted by atomic mass is 9.83. The van der Waals surface area contributed by atoms with Gasteiger partial charge in [-0.25, -0.2) is 0 Å². The van der Waals surface area contributed by atoms with E-state index in [1.165, 1.54) is 13.8 Å². The Hall–Kier alpha value is -4.58. The zero-order chi connectivity index (χ0) is 31.1. The van der Waals surface area contributed by atoms with Crippen molar-refractivity contribution in [2.75, 3.05) is 0 Å². The second-order valence-corrected chi connectivity index (χ2v) is 10.8. The van der Waals surface area contributed by atoms with Crippen molar-refractivity contribution < 1.29 is 28.7 Å². The number of hydrogen-bond acceptors (Lipinski definition) is 6. The SMILES string of the molecule is C.CC(=O)Oc1c(C)c(CC=C(C)C)c(OC(C)=O)c2ccccc12.CC(C)=CCC1=C(C)C(=O)c2ccccc2C1=O. The van der Waals surface area contributed by atoms with Crippen molar-refractivity contribution in [2.24, 2.45) is 0 Å². The fourth-order valence-electron chi connectivity index (χ4n) is 4.74. The van der Waals surface area contributed by atoms with Gasteiger partial charge in [0.05, 0.1) is 0 Å². The molecule has 3 aromatic carbocycles. The average molecular weight is 583 g/mol. The van der Waals surface area contributed by atoms with Crippen molar-refractivity contribution in [3.63, 3.8) is 0 Å². The van der Waals surface area contributed by atoms with E-state index in [4.69, 9.17) is 9.47 Å². The quantitative estimate of drug-likeness (QED) is 0.164. The summed E-state index contributed by atoms with van der Waals surface area (Å²) in [4.78, 5) is 47.7. The second kappa shape index (κ2) is 15.1. The molecule has 0 aromatic heterocycles. The van der Waals surface area contributed by atoms with Crippen LogP contribution in [0.3, 0.4) is 0 Å². The third-order valence-corrected chi connectivity index (χ3v) is 6.89. The van der Waals surface area contributed by atoms with E-state index in [9.17, 15) is 19.2 Å². The molecule has 226 valence electrons. The van der Waals surface area contributed by atoms with Crippen LogP contribution in [-0.4, -0.2) is 23.5 Å². The summed E-state index contributed by atoms with van der Waals surface area (Å²) in [5, 5.41) is 1.51. The van der Waals surface area contributed by atoms with Gasteiger partial charge in [0.2, 0.25) is 0 Å². The summed E-state index contributed by atoms with van der Waals surface area (Å²) in [5.41, 5.74) is 6.22. The Kier molecular flexibility index (Phi) is 12.1. The highest BCUT2D eigenvalue weighted by molar-refractivity contribution is 6.26. The molecular formula is C37H42O6. The van der Waals surface area contributed by atoms with Crippen LogP contribution in [0.25, 0.3) is 10.8 Å². The van der Waals surface area contributed by atoms with Crippen LogP contribution < -0.4 is 9.47 Å². The summed E-state index contributed by atoms with van der Waals surface area (Å²) < 4.78 is 11.0. The number of allylic oxidation sites excluding steroid dienone is 6. The van der Waals surface area contributed by atoms with E-state index >= 15 is 0 Å². The van der Waals surface area contributed by atoms with Crippen molar-refractivity contribution in [3.8, 4) is 11.5 Å². The number of carbonyl (C=O) groups is 4. The maximum Gasteiger partial charge on any atom is 0.308 e. The predicted octanol–water partition coefficient (Wildman–Crippen LogP) is 8.88. The van der Waals surface area contributed by atoms with Gasteiger partial charge in [0, 0.05) is 52.5 Å². The molecule has 0 radical (unpaired) electrons. The minimum Gasteiger partial charge on any atom is -0.426 e. The standard InChI is InChI=1S/C20H22O4.C16H16O2.CH4/c1-12(2)10-11-16-13(3)19(23-14(4)21)17-8-6-7-9-18(17)20(16)24-15(5)22;1-10(2)8-9-12-11(3)15(17)13-6-4-5-7-14(13)16(12)18;/h6-10H,11H2,1-5H3;4-8H,9H2,1-3H3;1H4. The van der Waals surface area contributed by atoms with Crippen LogP contribution >= 0.6 is 0 Å². The summed E-state index contributed by atoms with van der Waals surface area (Å²) in [7, 11) is 0. The molecule has 6 heteroatoms. The van der Waals surface area contributed by atoms with E-state index in [1.54, 1.807) is 31.2 Å². The molecule has 0 atom stereocenters. The molecular weight excluding hydrogens is 540 g/mol. The molecule has 0 spiro atoms. The Morgan fingerprint density at radius 2 is 1.09 bits per heavy atom. The van der Waals surface area contributed by atoms with E-state index in [0.717, 1.165) is 33.0 Å². The molecule has 0 saturated carbocycles.